The predicted octanol–water partition coefficient (Wildman–Crippen LogP) is 2.43. The van der Waals surface area contributed by atoms with Gasteiger partial charge in [-0.1, -0.05) is 0 Å². The maximum absolute atomic E-state index is 13.4. The van der Waals surface area contributed by atoms with Crippen molar-refractivity contribution in [2.24, 2.45) is 0 Å². The predicted molar refractivity (Wildman–Crippen MR) is 64.7 cm³/mol. The number of rotatable bonds is 3. The zero-order valence-corrected chi connectivity index (χ0v) is 10.2. The molecule has 0 bridgehead atoms. The van der Waals surface area contributed by atoms with Crippen molar-refractivity contribution in [3.63, 3.8) is 0 Å². The van der Waals surface area contributed by atoms with Crippen molar-refractivity contribution >= 4 is 11.0 Å². The van der Waals surface area contributed by atoms with Gasteiger partial charge in [0.1, 0.15) is 11.2 Å². The Morgan fingerprint density at radius 1 is 1.25 bits per heavy atom. The molecule has 6 nitrogen and oxygen atoms in total. The number of nitrogens with one attached hydrogen (secondary N) is 1. The van der Waals surface area contributed by atoms with E-state index in [2.05, 4.69) is 20.2 Å². The molecule has 0 unspecified atom stereocenters. The third-order valence-corrected chi connectivity index (χ3v) is 2.55. The number of hydrogen-bond donors (Lipinski definition) is 1. The smallest absolute Gasteiger partial charge is 0.324 e. The molecule has 0 saturated carbocycles. The Kier molecular flexibility index (Phi) is 2.90. The van der Waals surface area contributed by atoms with Crippen molar-refractivity contribution in [3.8, 4) is 17.6 Å². The monoisotopic (exact) mass is 278 g/mol. The number of hydrogen-bond acceptors (Lipinski definition) is 5. The molecule has 1 N–H and O–H groups in total. The van der Waals surface area contributed by atoms with E-state index in [1.54, 1.807) is 0 Å². The van der Waals surface area contributed by atoms with E-state index in [4.69, 9.17) is 9.47 Å². The molecule has 0 aliphatic rings. The molecule has 0 atom stereocenters. The number of fused-ring (bicyclic) bond motifs is 1. The SMILES string of the molecule is COc1n[nH]c2nc(Oc3ccc(F)cc3F)ncc12. The number of aromatic amines is 1. The lowest BCUT2D eigenvalue weighted by Gasteiger charge is -2.04. The van der Waals surface area contributed by atoms with Crippen molar-refractivity contribution in [2.75, 3.05) is 7.11 Å². The van der Waals surface area contributed by atoms with Crippen LogP contribution in [0, 0.1) is 11.6 Å². The highest BCUT2D eigenvalue weighted by molar-refractivity contribution is 5.79. The third-order valence-electron chi connectivity index (χ3n) is 2.55. The highest BCUT2D eigenvalue weighted by Crippen LogP contribution is 2.25. The van der Waals surface area contributed by atoms with Crippen LogP contribution in [0.4, 0.5) is 8.78 Å². The zero-order valence-electron chi connectivity index (χ0n) is 10.2. The molecule has 0 aliphatic carbocycles. The Bertz CT molecular complexity index is 775. The second-order valence-electron chi connectivity index (χ2n) is 3.82. The molecule has 3 aromatic rings. The minimum Gasteiger partial charge on any atom is -0.479 e. The van der Waals surface area contributed by atoms with Crippen molar-refractivity contribution in [1.29, 1.82) is 0 Å². The van der Waals surface area contributed by atoms with Gasteiger partial charge >= 0.3 is 6.01 Å². The van der Waals surface area contributed by atoms with Crippen molar-refractivity contribution in [1.82, 2.24) is 20.2 Å². The van der Waals surface area contributed by atoms with E-state index in [1.165, 1.54) is 13.3 Å². The minimum atomic E-state index is -0.837. The molecule has 1 aromatic carbocycles. The number of H-pyrrole nitrogens is 1. The highest BCUT2D eigenvalue weighted by Gasteiger charge is 2.12. The Morgan fingerprint density at radius 2 is 2.10 bits per heavy atom. The lowest BCUT2D eigenvalue weighted by Crippen LogP contribution is -1.94. The molecule has 2 aromatic heterocycles. The fraction of sp³-hybridized carbons (Fsp3) is 0.0833. The summed E-state index contributed by atoms with van der Waals surface area (Å²) < 4.78 is 36.4. The summed E-state index contributed by atoms with van der Waals surface area (Å²) in [7, 11) is 1.47. The van der Waals surface area contributed by atoms with Gasteiger partial charge < -0.3 is 9.47 Å². The summed E-state index contributed by atoms with van der Waals surface area (Å²) in [5.41, 5.74) is 0.384. The molecular formula is C12H8F2N4O2. The summed E-state index contributed by atoms with van der Waals surface area (Å²) in [6, 6.07) is 2.86. The molecule has 0 radical (unpaired) electrons. The van der Waals surface area contributed by atoms with Crippen molar-refractivity contribution in [2.45, 2.75) is 0 Å². The normalized spacial score (nSPS) is 10.8. The second kappa shape index (κ2) is 4.72. The van der Waals surface area contributed by atoms with Crippen LogP contribution in [0.15, 0.2) is 24.4 Å². The van der Waals surface area contributed by atoms with E-state index in [1.807, 2.05) is 0 Å². The van der Waals surface area contributed by atoms with Gasteiger partial charge in [-0.15, -0.1) is 5.10 Å². The van der Waals surface area contributed by atoms with Gasteiger partial charge in [-0.2, -0.15) is 4.98 Å². The van der Waals surface area contributed by atoms with Gasteiger partial charge in [0.25, 0.3) is 0 Å². The number of nitrogens with zero attached hydrogens (tertiary/aromatic N) is 3. The molecule has 102 valence electrons. The molecule has 0 saturated heterocycles. The first-order valence-corrected chi connectivity index (χ1v) is 5.55. The molecule has 0 spiro atoms. The minimum absolute atomic E-state index is 0.0886. The molecule has 0 aliphatic heterocycles. The largest absolute Gasteiger partial charge is 0.479 e. The summed E-state index contributed by atoms with van der Waals surface area (Å²) in [4.78, 5) is 7.92. The maximum atomic E-state index is 13.4. The number of benzene rings is 1. The van der Waals surface area contributed by atoms with Crippen molar-refractivity contribution < 1.29 is 18.3 Å². The maximum Gasteiger partial charge on any atom is 0.324 e. The summed E-state index contributed by atoms with van der Waals surface area (Å²) in [6.45, 7) is 0. The van der Waals surface area contributed by atoms with Gasteiger partial charge in [-0.05, 0) is 12.1 Å². The first-order valence-electron chi connectivity index (χ1n) is 5.55. The van der Waals surface area contributed by atoms with Crippen LogP contribution in [0.2, 0.25) is 0 Å². The van der Waals surface area contributed by atoms with Crippen LogP contribution in [-0.4, -0.2) is 27.3 Å². The van der Waals surface area contributed by atoms with E-state index in [9.17, 15) is 8.78 Å². The number of methoxy groups -OCH3 is 1. The van der Waals surface area contributed by atoms with E-state index in [0.29, 0.717) is 23.0 Å². The Morgan fingerprint density at radius 3 is 2.85 bits per heavy atom. The van der Waals surface area contributed by atoms with Gasteiger partial charge in [0.2, 0.25) is 5.88 Å². The van der Waals surface area contributed by atoms with E-state index < -0.39 is 11.6 Å². The molecular weight excluding hydrogens is 270 g/mol. The number of ether oxygens (including phenoxy) is 2. The summed E-state index contributed by atoms with van der Waals surface area (Å²) in [5.74, 6) is -1.35. The van der Waals surface area contributed by atoms with Gasteiger partial charge in [-0.25, -0.2) is 13.8 Å². The zero-order chi connectivity index (χ0) is 14.1. The van der Waals surface area contributed by atoms with Gasteiger partial charge in [0.05, 0.1) is 7.11 Å². The summed E-state index contributed by atoms with van der Waals surface area (Å²) in [6.07, 6.45) is 1.43. The van der Waals surface area contributed by atoms with Gasteiger partial charge in [0.15, 0.2) is 17.2 Å². The van der Waals surface area contributed by atoms with Gasteiger partial charge in [-0.3, -0.25) is 5.10 Å². The first-order chi connectivity index (χ1) is 9.67. The summed E-state index contributed by atoms with van der Waals surface area (Å²) in [5, 5.41) is 7.06. The van der Waals surface area contributed by atoms with E-state index in [0.717, 1.165) is 12.1 Å². The Balaban J connectivity index is 1.94. The Labute approximate surface area is 111 Å². The van der Waals surface area contributed by atoms with Gasteiger partial charge in [0, 0.05) is 12.3 Å². The quantitative estimate of drug-likeness (QED) is 0.796. The van der Waals surface area contributed by atoms with Crippen LogP contribution in [-0.2, 0) is 0 Å². The first kappa shape index (κ1) is 12.3. The molecule has 2 heterocycles. The highest BCUT2D eigenvalue weighted by atomic mass is 19.1. The van der Waals surface area contributed by atoms with Crippen LogP contribution >= 0.6 is 0 Å². The van der Waals surface area contributed by atoms with Crippen LogP contribution in [0.3, 0.4) is 0 Å². The van der Waals surface area contributed by atoms with Crippen LogP contribution in [0.25, 0.3) is 11.0 Å². The van der Waals surface area contributed by atoms with Crippen LogP contribution in [0.5, 0.6) is 17.6 Å². The average molecular weight is 278 g/mol. The average Bonchev–Trinajstić information content (AvgIpc) is 2.84. The fourth-order valence-corrected chi connectivity index (χ4v) is 1.63. The number of halogens is 2. The lowest BCUT2D eigenvalue weighted by molar-refractivity contribution is 0.401. The van der Waals surface area contributed by atoms with E-state index >= 15 is 0 Å². The molecule has 0 fully saturated rings. The van der Waals surface area contributed by atoms with Crippen LogP contribution < -0.4 is 9.47 Å². The molecule has 0 amide bonds. The van der Waals surface area contributed by atoms with Crippen LogP contribution in [0.1, 0.15) is 0 Å². The topological polar surface area (TPSA) is 72.9 Å². The molecule has 3 rings (SSSR count). The second-order valence-corrected chi connectivity index (χ2v) is 3.82. The Hall–Kier alpha value is -2.77. The third kappa shape index (κ3) is 2.11. The molecule has 20 heavy (non-hydrogen) atoms. The van der Waals surface area contributed by atoms with E-state index in [-0.39, 0.29) is 11.8 Å². The number of aromatic nitrogens is 4. The van der Waals surface area contributed by atoms with Crippen molar-refractivity contribution in [3.05, 3.63) is 36.0 Å². The lowest BCUT2D eigenvalue weighted by atomic mass is 10.3. The summed E-state index contributed by atoms with van der Waals surface area (Å²) >= 11 is 0. The fourth-order valence-electron chi connectivity index (χ4n) is 1.63. The molecule has 8 heteroatoms. The standard InChI is InChI=1S/C12H8F2N4O2/c1-19-11-7-5-15-12(16-10(7)17-18-11)20-9-3-2-6(13)4-8(9)14/h2-5H,1H3,(H,15,16,17,18).